The van der Waals surface area contributed by atoms with E-state index in [2.05, 4.69) is 34.6 Å². The lowest BCUT2D eigenvalue weighted by Gasteiger charge is -2.23. The monoisotopic (exact) mass is 515 g/mol. The van der Waals surface area contributed by atoms with Gasteiger partial charge in [-0.05, 0) is 37.5 Å². The normalized spacial score (nSPS) is 13.6. The minimum absolute atomic E-state index is 0. The third-order valence-electron chi connectivity index (χ3n) is 4.17. The van der Waals surface area contributed by atoms with E-state index in [9.17, 15) is 5.11 Å². The summed E-state index contributed by atoms with van der Waals surface area (Å²) in [5, 5.41) is 21.3. The molecule has 1 heterocycles. The molecular formula is C21H34IN5O2. The molecule has 0 aliphatic carbocycles. The number of hydrogen-bond acceptors (Lipinski definition) is 4. The minimum atomic E-state index is -1.05. The number of nitrogens with one attached hydrogen (secondary N) is 2. The van der Waals surface area contributed by atoms with Gasteiger partial charge >= 0.3 is 0 Å². The maximum Gasteiger partial charge on any atom is 0.191 e. The van der Waals surface area contributed by atoms with E-state index in [-0.39, 0.29) is 24.0 Å². The summed E-state index contributed by atoms with van der Waals surface area (Å²) in [5.74, 6) is 2.00. The van der Waals surface area contributed by atoms with Gasteiger partial charge in [0.1, 0.15) is 11.4 Å². The van der Waals surface area contributed by atoms with E-state index in [0.29, 0.717) is 31.6 Å². The molecule has 0 amide bonds. The van der Waals surface area contributed by atoms with Crippen molar-refractivity contribution in [2.75, 3.05) is 19.7 Å². The van der Waals surface area contributed by atoms with Crippen LogP contribution in [0.3, 0.4) is 0 Å². The number of ether oxygens (including phenoxy) is 1. The number of guanidine groups is 1. The van der Waals surface area contributed by atoms with E-state index < -0.39 is 5.60 Å². The second-order valence-corrected chi connectivity index (χ2v) is 7.58. The number of aromatic nitrogens is 2. The highest BCUT2D eigenvalue weighted by Gasteiger charge is 2.24. The molecule has 2 aromatic rings. The third-order valence-corrected chi connectivity index (χ3v) is 4.17. The van der Waals surface area contributed by atoms with E-state index in [4.69, 9.17) is 4.74 Å². The van der Waals surface area contributed by atoms with Crippen LogP contribution in [0, 0.1) is 5.92 Å². The average molecular weight is 515 g/mol. The molecule has 0 radical (unpaired) electrons. The van der Waals surface area contributed by atoms with Crippen LogP contribution in [0.1, 0.15) is 38.8 Å². The van der Waals surface area contributed by atoms with E-state index in [1.165, 1.54) is 0 Å². The number of benzene rings is 1. The molecule has 162 valence electrons. The molecule has 0 saturated carbocycles. The van der Waals surface area contributed by atoms with Crippen LogP contribution in [0.4, 0.5) is 0 Å². The van der Waals surface area contributed by atoms with Gasteiger partial charge in [-0.1, -0.05) is 26.0 Å². The number of aliphatic imine (C=N–C) groups is 1. The first-order chi connectivity index (χ1) is 13.3. The van der Waals surface area contributed by atoms with Gasteiger partial charge in [0.15, 0.2) is 5.96 Å². The van der Waals surface area contributed by atoms with Crippen LogP contribution in [0.2, 0.25) is 0 Å². The fourth-order valence-electron chi connectivity index (χ4n) is 2.57. The Morgan fingerprint density at radius 2 is 2.10 bits per heavy atom. The SMILES string of the molecule is CCNC(=NCc1cccc(OCC(C)C)c1)NCC(C)(O)c1cnn(C)c1.I. The highest BCUT2D eigenvalue weighted by Crippen LogP contribution is 2.18. The molecule has 0 fully saturated rings. The smallest absolute Gasteiger partial charge is 0.191 e. The molecule has 0 aliphatic heterocycles. The van der Waals surface area contributed by atoms with Crippen molar-refractivity contribution in [1.82, 2.24) is 20.4 Å². The Hall–Kier alpha value is -1.81. The Kier molecular flexibility index (Phi) is 10.5. The lowest BCUT2D eigenvalue weighted by Crippen LogP contribution is -2.44. The second kappa shape index (κ2) is 12.0. The largest absolute Gasteiger partial charge is 0.493 e. The first kappa shape index (κ1) is 25.2. The Balaban J connectivity index is 0.00000420. The van der Waals surface area contributed by atoms with Gasteiger partial charge in [-0.2, -0.15) is 5.10 Å². The van der Waals surface area contributed by atoms with Gasteiger partial charge in [0, 0.05) is 25.4 Å². The van der Waals surface area contributed by atoms with Crippen molar-refractivity contribution >= 4 is 29.9 Å². The maximum absolute atomic E-state index is 10.7. The summed E-state index contributed by atoms with van der Waals surface area (Å²) in [7, 11) is 1.83. The number of rotatable bonds is 9. The second-order valence-electron chi connectivity index (χ2n) is 7.58. The molecule has 7 nitrogen and oxygen atoms in total. The fraction of sp³-hybridized carbons (Fsp3) is 0.524. The van der Waals surface area contributed by atoms with Crippen LogP contribution >= 0.6 is 24.0 Å². The molecule has 1 aromatic carbocycles. The average Bonchev–Trinajstić information content (AvgIpc) is 3.10. The van der Waals surface area contributed by atoms with Crippen LogP contribution in [0.5, 0.6) is 5.75 Å². The van der Waals surface area contributed by atoms with E-state index >= 15 is 0 Å². The van der Waals surface area contributed by atoms with Gasteiger partial charge in [-0.3, -0.25) is 4.68 Å². The zero-order valence-electron chi connectivity index (χ0n) is 18.0. The predicted octanol–water partition coefficient (Wildman–Crippen LogP) is 3.04. The van der Waals surface area contributed by atoms with Crippen LogP contribution in [0.15, 0.2) is 41.7 Å². The minimum Gasteiger partial charge on any atom is -0.493 e. The van der Waals surface area contributed by atoms with E-state index in [1.807, 2.05) is 44.4 Å². The molecule has 0 bridgehead atoms. The van der Waals surface area contributed by atoms with Crippen LogP contribution in [-0.2, 0) is 19.2 Å². The standard InChI is InChI=1S/C21H33N5O2.HI/c1-6-22-20(24-15-21(4,27)18-12-25-26(5)13-18)23-11-17-8-7-9-19(10-17)28-14-16(2)3;/h7-10,12-13,16,27H,6,11,14-15H2,1-5H3,(H2,22,23,24);1H. The molecule has 29 heavy (non-hydrogen) atoms. The van der Waals surface area contributed by atoms with Crippen LogP contribution in [-0.4, -0.2) is 40.5 Å². The fourth-order valence-corrected chi connectivity index (χ4v) is 2.57. The summed E-state index contributed by atoms with van der Waals surface area (Å²) in [5.41, 5.74) is 0.778. The van der Waals surface area contributed by atoms with Crippen molar-refractivity contribution in [3.63, 3.8) is 0 Å². The Morgan fingerprint density at radius 3 is 2.72 bits per heavy atom. The summed E-state index contributed by atoms with van der Waals surface area (Å²) in [6.07, 6.45) is 3.49. The summed E-state index contributed by atoms with van der Waals surface area (Å²) < 4.78 is 7.46. The Labute approximate surface area is 191 Å². The van der Waals surface area contributed by atoms with Crippen molar-refractivity contribution in [2.24, 2.45) is 18.0 Å². The van der Waals surface area contributed by atoms with Crippen LogP contribution in [0.25, 0.3) is 0 Å². The van der Waals surface area contributed by atoms with Gasteiger partial charge < -0.3 is 20.5 Å². The number of nitrogens with zero attached hydrogens (tertiary/aromatic N) is 3. The lowest BCUT2D eigenvalue weighted by atomic mass is 10.00. The molecule has 0 spiro atoms. The van der Waals surface area contributed by atoms with Crippen molar-refractivity contribution < 1.29 is 9.84 Å². The van der Waals surface area contributed by atoms with Crippen molar-refractivity contribution in [1.29, 1.82) is 0 Å². The summed E-state index contributed by atoms with van der Waals surface area (Å²) in [6, 6.07) is 7.99. The van der Waals surface area contributed by atoms with Crippen molar-refractivity contribution in [3.05, 3.63) is 47.8 Å². The number of hydrogen-bond donors (Lipinski definition) is 3. The lowest BCUT2D eigenvalue weighted by molar-refractivity contribution is 0.0616. The van der Waals surface area contributed by atoms with Gasteiger partial charge in [0.25, 0.3) is 0 Å². The number of aliphatic hydroxyl groups is 1. The molecule has 0 saturated heterocycles. The Morgan fingerprint density at radius 1 is 1.34 bits per heavy atom. The summed E-state index contributed by atoms with van der Waals surface area (Å²) >= 11 is 0. The highest BCUT2D eigenvalue weighted by atomic mass is 127. The molecule has 1 atom stereocenters. The topological polar surface area (TPSA) is 83.7 Å². The summed E-state index contributed by atoms with van der Waals surface area (Å²) in [4.78, 5) is 4.63. The zero-order valence-corrected chi connectivity index (χ0v) is 20.3. The zero-order chi connectivity index (χ0) is 20.6. The maximum atomic E-state index is 10.7. The van der Waals surface area contributed by atoms with Crippen LogP contribution < -0.4 is 15.4 Å². The molecule has 1 aromatic heterocycles. The first-order valence-electron chi connectivity index (χ1n) is 9.75. The quantitative estimate of drug-likeness (QED) is 0.272. The Bertz CT molecular complexity index is 774. The summed E-state index contributed by atoms with van der Waals surface area (Å²) in [6.45, 7) is 10.3. The first-order valence-corrected chi connectivity index (χ1v) is 9.75. The third kappa shape index (κ3) is 8.61. The van der Waals surface area contributed by atoms with Crippen molar-refractivity contribution in [3.8, 4) is 5.75 Å². The molecule has 3 N–H and O–H groups in total. The number of halogens is 1. The van der Waals surface area contributed by atoms with Gasteiger partial charge in [-0.15, -0.1) is 24.0 Å². The number of aryl methyl sites for hydroxylation is 1. The predicted molar refractivity (Wildman–Crippen MR) is 128 cm³/mol. The van der Waals surface area contributed by atoms with E-state index in [1.54, 1.807) is 17.8 Å². The van der Waals surface area contributed by atoms with E-state index in [0.717, 1.165) is 23.4 Å². The van der Waals surface area contributed by atoms with Crippen molar-refractivity contribution in [2.45, 2.75) is 39.8 Å². The van der Waals surface area contributed by atoms with Gasteiger partial charge in [0.05, 0.1) is 25.9 Å². The molecule has 1 unspecified atom stereocenters. The molecule has 0 aliphatic rings. The van der Waals surface area contributed by atoms with Gasteiger partial charge in [0.2, 0.25) is 0 Å². The molecule has 8 heteroatoms. The highest BCUT2D eigenvalue weighted by molar-refractivity contribution is 14.0. The molecule has 2 rings (SSSR count). The molecular weight excluding hydrogens is 481 g/mol. The van der Waals surface area contributed by atoms with Gasteiger partial charge in [-0.25, -0.2) is 4.99 Å².